The Balaban J connectivity index is 2.15. The number of carbonyl (C=O) groups excluding carboxylic acids is 2. The number of hydrogen-bond donors (Lipinski definition) is 1. The maximum absolute atomic E-state index is 13.3. The van der Waals surface area contributed by atoms with Gasteiger partial charge in [-0.2, -0.15) is 0 Å². The largest absolute Gasteiger partial charge is 0.354 e. The van der Waals surface area contributed by atoms with Crippen LogP contribution in [0.3, 0.4) is 0 Å². The molecular formula is C26H36ClN3O4S. The van der Waals surface area contributed by atoms with Gasteiger partial charge in [0.1, 0.15) is 6.04 Å². The van der Waals surface area contributed by atoms with Crippen LogP contribution in [0.5, 0.6) is 0 Å². The van der Waals surface area contributed by atoms with Crippen molar-refractivity contribution in [2.75, 3.05) is 23.7 Å². The number of amides is 2. The molecule has 0 aliphatic carbocycles. The highest BCUT2D eigenvalue weighted by atomic mass is 35.5. The zero-order valence-electron chi connectivity index (χ0n) is 21.1. The van der Waals surface area contributed by atoms with Gasteiger partial charge in [0, 0.05) is 31.1 Å². The molecule has 1 atom stereocenters. The van der Waals surface area contributed by atoms with Gasteiger partial charge in [0.2, 0.25) is 21.8 Å². The van der Waals surface area contributed by atoms with Crippen molar-refractivity contribution in [3.63, 3.8) is 0 Å². The molecule has 0 fully saturated rings. The molecule has 0 bridgehead atoms. The highest BCUT2D eigenvalue weighted by Gasteiger charge is 2.26. The minimum Gasteiger partial charge on any atom is -0.354 e. The maximum Gasteiger partial charge on any atom is 0.242 e. The predicted molar refractivity (Wildman–Crippen MR) is 142 cm³/mol. The standard InChI is InChI=1S/C26H36ClN3O4S/c1-19(2)17-28-26(32)21(4)29(18-22-8-6-9-23(27)16-22)25(31)10-7-15-30(35(5,33)34)24-13-11-20(3)12-14-24/h6,8-9,11-14,16,19,21H,7,10,15,17-18H2,1-5H3,(H,28,32). The summed E-state index contributed by atoms with van der Waals surface area (Å²) in [6.07, 6.45) is 1.56. The van der Waals surface area contributed by atoms with Crippen molar-refractivity contribution in [2.24, 2.45) is 5.92 Å². The van der Waals surface area contributed by atoms with E-state index in [1.165, 1.54) is 9.21 Å². The maximum atomic E-state index is 13.3. The van der Waals surface area contributed by atoms with Crippen LogP contribution >= 0.6 is 11.6 Å². The minimum atomic E-state index is -3.52. The first-order chi connectivity index (χ1) is 16.4. The lowest BCUT2D eigenvalue weighted by Crippen LogP contribution is -2.48. The fraction of sp³-hybridized carbons (Fsp3) is 0.462. The molecule has 1 N–H and O–H groups in total. The fourth-order valence-corrected chi connectivity index (χ4v) is 4.76. The lowest BCUT2D eigenvalue weighted by Gasteiger charge is -2.29. The van der Waals surface area contributed by atoms with E-state index in [0.717, 1.165) is 17.4 Å². The summed E-state index contributed by atoms with van der Waals surface area (Å²) in [6, 6.07) is 13.7. The number of sulfonamides is 1. The number of aryl methyl sites for hydroxylation is 1. The second kappa shape index (κ2) is 12.9. The lowest BCUT2D eigenvalue weighted by molar-refractivity contribution is -0.140. The van der Waals surface area contributed by atoms with Gasteiger partial charge < -0.3 is 10.2 Å². The second-order valence-corrected chi connectivity index (χ2v) is 11.6. The molecule has 0 saturated heterocycles. The third-order valence-electron chi connectivity index (χ3n) is 5.57. The summed E-state index contributed by atoms with van der Waals surface area (Å²) in [6.45, 7) is 8.54. The fourth-order valence-electron chi connectivity index (χ4n) is 3.58. The Morgan fingerprint density at radius 3 is 2.29 bits per heavy atom. The average molecular weight is 522 g/mol. The normalized spacial score (nSPS) is 12.3. The molecule has 2 aromatic carbocycles. The van der Waals surface area contributed by atoms with Gasteiger partial charge in [-0.15, -0.1) is 0 Å². The number of halogens is 1. The number of hydrogen-bond acceptors (Lipinski definition) is 4. The van der Waals surface area contributed by atoms with Crippen LogP contribution in [0.15, 0.2) is 48.5 Å². The Hall–Kier alpha value is -2.58. The smallest absolute Gasteiger partial charge is 0.242 e. The number of anilines is 1. The number of nitrogens with one attached hydrogen (secondary N) is 1. The van der Waals surface area contributed by atoms with Gasteiger partial charge >= 0.3 is 0 Å². The van der Waals surface area contributed by atoms with Gasteiger partial charge in [0.25, 0.3) is 0 Å². The summed E-state index contributed by atoms with van der Waals surface area (Å²) < 4.78 is 26.1. The highest BCUT2D eigenvalue weighted by Crippen LogP contribution is 2.20. The Kier molecular flexibility index (Phi) is 10.6. The summed E-state index contributed by atoms with van der Waals surface area (Å²) in [5.74, 6) is -0.173. The predicted octanol–water partition coefficient (Wildman–Crippen LogP) is 4.38. The van der Waals surface area contributed by atoms with Gasteiger partial charge in [0.15, 0.2) is 0 Å². The van der Waals surface area contributed by atoms with Gasteiger partial charge in [-0.25, -0.2) is 8.42 Å². The lowest BCUT2D eigenvalue weighted by atomic mass is 10.1. The van der Waals surface area contributed by atoms with Crippen LogP contribution in [0.25, 0.3) is 0 Å². The molecule has 1 unspecified atom stereocenters. The van der Waals surface area contributed by atoms with Crippen molar-refractivity contribution in [1.82, 2.24) is 10.2 Å². The Bertz CT molecular complexity index is 1100. The van der Waals surface area contributed by atoms with E-state index in [4.69, 9.17) is 11.6 Å². The van der Waals surface area contributed by atoms with E-state index in [9.17, 15) is 18.0 Å². The van der Waals surface area contributed by atoms with E-state index in [1.54, 1.807) is 37.3 Å². The van der Waals surface area contributed by atoms with Gasteiger partial charge in [-0.1, -0.05) is 55.3 Å². The van der Waals surface area contributed by atoms with E-state index in [-0.39, 0.29) is 37.2 Å². The van der Waals surface area contributed by atoms with Crippen molar-refractivity contribution in [3.05, 3.63) is 64.7 Å². The van der Waals surface area contributed by atoms with Crippen molar-refractivity contribution in [1.29, 1.82) is 0 Å². The molecule has 0 heterocycles. The molecule has 2 aromatic rings. The van der Waals surface area contributed by atoms with Crippen LogP contribution in [0.4, 0.5) is 5.69 Å². The number of carbonyl (C=O) groups is 2. The molecule has 192 valence electrons. The molecule has 0 spiro atoms. The van der Waals surface area contributed by atoms with E-state index in [0.29, 0.717) is 23.7 Å². The summed E-state index contributed by atoms with van der Waals surface area (Å²) >= 11 is 6.12. The zero-order valence-corrected chi connectivity index (χ0v) is 22.7. The molecule has 2 rings (SSSR count). The van der Waals surface area contributed by atoms with Crippen molar-refractivity contribution in [3.8, 4) is 0 Å². The molecular weight excluding hydrogens is 486 g/mol. The Morgan fingerprint density at radius 2 is 1.71 bits per heavy atom. The van der Waals surface area contributed by atoms with Crippen LogP contribution in [0, 0.1) is 12.8 Å². The van der Waals surface area contributed by atoms with Gasteiger partial charge in [0.05, 0.1) is 11.9 Å². The number of benzene rings is 2. The molecule has 9 heteroatoms. The molecule has 0 saturated carbocycles. The monoisotopic (exact) mass is 521 g/mol. The summed E-state index contributed by atoms with van der Waals surface area (Å²) in [5.41, 5.74) is 2.40. The topological polar surface area (TPSA) is 86.8 Å². The molecule has 0 aromatic heterocycles. The quantitative estimate of drug-likeness (QED) is 0.449. The van der Waals surface area contributed by atoms with E-state index < -0.39 is 16.1 Å². The van der Waals surface area contributed by atoms with E-state index in [2.05, 4.69) is 5.32 Å². The average Bonchev–Trinajstić information content (AvgIpc) is 2.78. The van der Waals surface area contributed by atoms with E-state index >= 15 is 0 Å². The zero-order chi connectivity index (χ0) is 26.2. The molecule has 0 aliphatic heterocycles. The molecule has 0 radical (unpaired) electrons. The SMILES string of the molecule is Cc1ccc(N(CCCC(=O)N(Cc2cccc(Cl)c2)C(C)C(=O)NCC(C)C)S(C)(=O)=O)cc1. The van der Waals surface area contributed by atoms with Gasteiger partial charge in [-0.3, -0.25) is 13.9 Å². The Labute approximate surface area is 214 Å². The summed E-state index contributed by atoms with van der Waals surface area (Å²) in [4.78, 5) is 27.6. The summed E-state index contributed by atoms with van der Waals surface area (Å²) in [7, 11) is -3.52. The van der Waals surface area contributed by atoms with Crippen LogP contribution in [-0.2, 0) is 26.2 Å². The third kappa shape index (κ3) is 9.18. The number of rotatable bonds is 12. The first-order valence-electron chi connectivity index (χ1n) is 11.7. The molecule has 35 heavy (non-hydrogen) atoms. The highest BCUT2D eigenvalue weighted by molar-refractivity contribution is 7.92. The number of nitrogens with zero attached hydrogens (tertiary/aromatic N) is 2. The second-order valence-electron chi connectivity index (χ2n) is 9.24. The van der Waals surface area contributed by atoms with E-state index in [1.807, 2.05) is 39.0 Å². The summed E-state index contributed by atoms with van der Waals surface area (Å²) in [5, 5.41) is 3.44. The Morgan fingerprint density at radius 1 is 1.06 bits per heavy atom. The van der Waals surface area contributed by atoms with Gasteiger partial charge in [-0.05, 0) is 56.0 Å². The third-order valence-corrected chi connectivity index (χ3v) is 7.00. The van der Waals surface area contributed by atoms with Crippen LogP contribution in [0.2, 0.25) is 5.02 Å². The minimum absolute atomic E-state index is 0.0975. The van der Waals surface area contributed by atoms with Crippen molar-refractivity contribution in [2.45, 2.75) is 53.1 Å². The van der Waals surface area contributed by atoms with Crippen molar-refractivity contribution >= 4 is 39.1 Å². The van der Waals surface area contributed by atoms with Crippen LogP contribution in [-0.4, -0.2) is 50.5 Å². The van der Waals surface area contributed by atoms with Crippen LogP contribution < -0.4 is 9.62 Å². The first-order valence-corrected chi connectivity index (χ1v) is 14.0. The molecule has 7 nitrogen and oxygen atoms in total. The van der Waals surface area contributed by atoms with Crippen LogP contribution in [0.1, 0.15) is 44.7 Å². The van der Waals surface area contributed by atoms with Crippen molar-refractivity contribution < 1.29 is 18.0 Å². The molecule has 2 amide bonds. The first kappa shape index (κ1) is 28.7. The molecule has 0 aliphatic rings.